The molecule has 146 valence electrons. The minimum atomic E-state index is 0.399. The molecule has 3 aromatic rings. The summed E-state index contributed by atoms with van der Waals surface area (Å²) >= 11 is 11.7. The van der Waals surface area contributed by atoms with Crippen molar-refractivity contribution in [3.8, 4) is 22.9 Å². The first-order valence-electron chi connectivity index (χ1n) is 8.83. The number of nitrogens with one attached hydrogen (secondary N) is 1. The molecule has 0 unspecified atom stereocenters. The summed E-state index contributed by atoms with van der Waals surface area (Å²) < 4.78 is 13.1. The molecule has 0 aliphatic carbocycles. The second kappa shape index (κ2) is 9.03. The second-order valence-corrected chi connectivity index (χ2v) is 6.90. The highest BCUT2D eigenvalue weighted by molar-refractivity contribution is 7.71. The van der Waals surface area contributed by atoms with Gasteiger partial charge in [0.05, 0.1) is 25.0 Å². The van der Waals surface area contributed by atoms with Crippen molar-refractivity contribution in [2.75, 3.05) is 13.7 Å². The maximum Gasteiger partial charge on any atom is 0.216 e. The highest BCUT2D eigenvalue weighted by Crippen LogP contribution is 2.36. The van der Waals surface area contributed by atoms with Crippen LogP contribution in [0.4, 0.5) is 0 Å². The fraction of sp³-hybridized carbons (Fsp3) is 0.250. The molecule has 0 radical (unpaired) electrons. The van der Waals surface area contributed by atoms with Gasteiger partial charge in [0.15, 0.2) is 17.3 Å². The highest BCUT2D eigenvalue weighted by atomic mass is 35.5. The molecule has 6 nitrogen and oxygen atoms in total. The van der Waals surface area contributed by atoms with E-state index in [4.69, 9.17) is 33.3 Å². The number of H-pyrrole nitrogens is 1. The molecule has 1 N–H and O–H groups in total. The number of nitrogens with zero attached hydrogens (tertiary/aromatic N) is 3. The van der Waals surface area contributed by atoms with E-state index < -0.39 is 0 Å². The van der Waals surface area contributed by atoms with Crippen LogP contribution in [0.5, 0.6) is 11.5 Å². The van der Waals surface area contributed by atoms with Crippen molar-refractivity contribution >= 4 is 30.0 Å². The number of benzene rings is 2. The summed E-state index contributed by atoms with van der Waals surface area (Å²) in [7, 11) is 1.58. The van der Waals surface area contributed by atoms with Gasteiger partial charge in [-0.2, -0.15) is 14.9 Å². The molecule has 0 bridgehead atoms. The van der Waals surface area contributed by atoms with E-state index in [2.05, 4.69) is 15.3 Å². The first-order chi connectivity index (χ1) is 13.5. The Morgan fingerprint density at radius 1 is 1.32 bits per heavy atom. The van der Waals surface area contributed by atoms with Crippen LogP contribution in [0.15, 0.2) is 41.5 Å². The van der Waals surface area contributed by atoms with E-state index in [0.717, 1.165) is 23.1 Å². The summed E-state index contributed by atoms with van der Waals surface area (Å²) in [5.74, 6) is 1.72. The molecule has 2 aromatic carbocycles. The summed E-state index contributed by atoms with van der Waals surface area (Å²) in [5, 5.41) is 12.1. The third kappa shape index (κ3) is 4.26. The Labute approximate surface area is 173 Å². The molecular weight excluding hydrogens is 396 g/mol. The number of hydrogen-bond acceptors (Lipinski definition) is 5. The van der Waals surface area contributed by atoms with Crippen LogP contribution in [0, 0.1) is 11.7 Å². The topological polar surface area (TPSA) is 64.4 Å². The maximum absolute atomic E-state index is 6.38. The number of methoxy groups -OCH3 is 1. The lowest BCUT2D eigenvalue weighted by molar-refractivity contribution is 0.294. The van der Waals surface area contributed by atoms with Gasteiger partial charge >= 0.3 is 0 Å². The minimum Gasteiger partial charge on any atom is -0.493 e. The maximum atomic E-state index is 6.38. The van der Waals surface area contributed by atoms with Gasteiger partial charge < -0.3 is 9.47 Å². The number of hydrogen-bond donors (Lipinski definition) is 1. The number of aromatic nitrogens is 3. The molecule has 0 fully saturated rings. The van der Waals surface area contributed by atoms with E-state index in [9.17, 15) is 0 Å². The van der Waals surface area contributed by atoms with Gasteiger partial charge in [-0.25, -0.2) is 5.10 Å². The highest BCUT2D eigenvalue weighted by Gasteiger charge is 2.13. The molecule has 1 aromatic heterocycles. The SMILES string of the molecule is CCCOc1c(Cl)cc(/C=N\n2c(-c3ccccc3C)n[nH]c2=S)cc1OC. The number of rotatable bonds is 7. The third-order valence-corrected chi connectivity index (χ3v) is 4.61. The lowest BCUT2D eigenvalue weighted by atomic mass is 10.1. The molecule has 0 saturated heterocycles. The Morgan fingerprint density at radius 2 is 2.11 bits per heavy atom. The van der Waals surface area contributed by atoms with E-state index in [0.29, 0.717) is 33.7 Å². The van der Waals surface area contributed by atoms with E-state index in [1.165, 1.54) is 0 Å². The monoisotopic (exact) mass is 416 g/mol. The van der Waals surface area contributed by atoms with Crippen molar-refractivity contribution in [2.45, 2.75) is 20.3 Å². The molecule has 0 saturated carbocycles. The van der Waals surface area contributed by atoms with Crippen molar-refractivity contribution in [1.29, 1.82) is 0 Å². The van der Waals surface area contributed by atoms with Gasteiger partial charge in [0.1, 0.15) is 0 Å². The van der Waals surface area contributed by atoms with Crippen molar-refractivity contribution in [2.24, 2.45) is 5.10 Å². The van der Waals surface area contributed by atoms with Gasteiger partial charge in [0, 0.05) is 5.56 Å². The Hall–Kier alpha value is -2.64. The van der Waals surface area contributed by atoms with Gasteiger partial charge in [0.2, 0.25) is 4.77 Å². The predicted octanol–water partition coefficient (Wildman–Crippen LogP) is 5.25. The molecule has 3 rings (SSSR count). The fourth-order valence-corrected chi connectivity index (χ4v) is 3.13. The van der Waals surface area contributed by atoms with Gasteiger partial charge in [0.25, 0.3) is 0 Å². The quantitative estimate of drug-likeness (QED) is 0.422. The predicted molar refractivity (Wildman–Crippen MR) is 114 cm³/mol. The number of aromatic amines is 1. The van der Waals surface area contributed by atoms with Crippen LogP contribution in [-0.4, -0.2) is 34.8 Å². The zero-order valence-corrected chi connectivity index (χ0v) is 17.5. The fourth-order valence-electron chi connectivity index (χ4n) is 2.68. The summed E-state index contributed by atoms with van der Waals surface area (Å²) in [6.07, 6.45) is 2.54. The largest absolute Gasteiger partial charge is 0.493 e. The van der Waals surface area contributed by atoms with Crippen LogP contribution in [0.3, 0.4) is 0 Å². The van der Waals surface area contributed by atoms with Crippen LogP contribution in [0.25, 0.3) is 11.4 Å². The second-order valence-electron chi connectivity index (χ2n) is 6.11. The standard InChI is InChI=1S/C20H21ClN4O2S/c1-4-9-27-18-16(21)10-14(11-17(18)26-3)12-22-25-19(23-24-20(25)28)15-8-6-5-7-13(15)2/h5-8,10-12H,4,9H2,1-3H3,(H,24,28)/b22-12-. The average Bonchev–Trinajstić information content (AvgIpc) is 3.05. The van der Waals surface area contributed by atoms with Crippen LogP contribution >= 0.6 is 23.8 Å². The Balaban J connectivity index is 1.97. The Kier molecular flexibility index (Phi) is 6.49. The molecule has 1 heterocycles. The Morgan fingerprint density at radius 3 is 2.82 bits per heavy atom. The molecule has 0 spiro atoms. The molecule has 0 amide bonds. The molecular formula is C20H21ClN4O2S. The summed E-state index contributed by atoms with van der Waals surface area (Å²) in [6, 6.07) is 11.5. The van der Waals surface area contributed by atoms with Crippen LogP contribution in [-0.2, 0) is 0 Å². The van der Waals surface area contributed by atoms with E-state index in [1.54, 1.807) is 24.1 Å². The number of aryl methyl sites for hydroxylation is 1. The van der Waals surface area contributed by atoms with Crippen LogP contribution < -0.4 is 9.47 Å². The molecule has 28 heavy (non-hydrogen) atoms. The lowest BCUT2D eigenvalue weighted by Gasteiger charge is -2.12. The average molecular weight is 417 g/mol. The molecule has 0 atom stereocenters. The molecule has 0 aliphatic heterocycles. The van der Waals surface area contributed by atoms with E-state index >= 15 is 0 Å². The normalized spacial score (nSPS) is 11.1. The van der Waals surface area contributed by atoms with Crippen molar-refractivity contribution in [3.05, 3.63) is 57.3 Å². The first kappa shape index (κ1) is 20.1. The van der Waals surface area contributed by atoms with Crippen molar-refractivity contribution < 1.29 is 9.47 Å². The van der Waals surface area contributed by atoms with Crippen molar-refractivity contribution in [1.82, 2.24) is 14.9 Å². The summed E-state index contributed by atoms with van der Waals surface area (Å²) in [5.41, 5.74) is 2.78. The van der Waals surface area contributed by atoms with Crippen molar-refractivity contribution in [3.63, 3.8) is 0 Å². The van der Waals surface area contributed by atoms with E-state index in [1.807, 2.05) is 44.2 Å². The number of halogens is 1. The smallest absolute Gasteiger partial charge is 0.216 e. The van der Waals surface area contributed by atoms with Gasteiger partial charge in [-0.05, 0) is 48.8 Å². The zero-order chi connectivity index (χ0) is 20.1. The van der Waals surface area contributed by atoms with Crippen LogP contribution in [0.2, 0.25) is 5.02 Å². The van der Waals surface area contributed by atoms with Gasteiger partial charge in [-0.15, -0.1) is 0 Å². The summed E-state index contributed by atoms with van der Waals surface area (Å²) in [4.78, 5) is 0. The van der Waals surface area contributed by atoms with Gasteiger partial charge in [-0.1, -0.05) is 42.8 Å². The minimum absolute atomic E-state index is 0.399. The number of ether oxygens (including phenoxy) is 2. The first-order valence-corrected chi connectivity index (χ1v) is 9.61. The van der Waals surface area contributed by atoms with E-state index in [-0.39, 0.29) is 0 Å². The lowest BCUT2D eigenvalue weighted by Crippen LogP contribution is -2.00. The van der Waals surface area contributed by atoms with Gasteiger partial charge in [-0.3, -0.25) is 0 Å². The van der Waals surface area contributed by atoms with Crippen LogP contribution in [0.1, 0.15) is 24.5 Å². The summed E-state index contributed by atoms with van der Waals surface area (Å²) in [6.45, 7) is 4.61. The molecule has 0 aliphatic rings. The Bertz CT molecular complexity index is 1060. The molecule has 8 heteroatoms. The third-order valence-electron chi connectivity index (χ3n) is 4.06. The zero-order valence-electron chi connectivity index (χ0n) is 15.9.